The number of methoxy groups -OCH3 is 2. The number of hydrogen-bond donors (Lipinski definition) is 1. The molecule has 1 aromatic heterocycles. The molecule has 0 atom stereocenters. The van der Waals surface area contributed by atoms with Crippen molar-refractivity contribution in [1.29, 1.82) is 0 Å². The molecule has 36 heavy (non-hydrogen) atoms. The lowest BCUT2D eigenvalue weighted by atomic mass is 9.81. The second-order valence-electron chi connectivity index (χ2n) is 9.62. The summed E-state index contributed by atoms with van der Waals surface area (Å²) in [6, 6.07) is 9.09. The molecule has 3 aromatic rings. The first kappa shape index (κ1) is 24.1. The average Bonchev–Trinajstić information content (AvgIpc) is 3.26. The van der Waals surface area contributed by atoms with Crippen LogP contribution >= 0.6 is 0 Å². The number of nitrogens with zero attached hydrogens (tertiary/aromatic N) is 3. The molecule has 0 bridgehead atoms. The molecule has 9 heteroatoms. The summed E-state index contributed by atoms with van der Waals surface area (Å²) >= 11 is 0. The van der Waals surface area contributed by atoms with Crippen molar-refractivity contribution >= 4 is 23.1 Å². The molecule has 8 nitrogen and oxygen atoms in total. The lowest BCUT2D eigenvalue weighted by Crippen LogP contribution is -2.35. The Morgan fingerprint density at radius 1 is 1.14 bits per heavy atom. The molecule has 0 saturated heterocycles. The minimum Gasteiger partial charge on any atom is -0.494 e. The topological polar surface area (TPSA) is 93.9 Å². The van der Waals surface area contributed by atoms with Crippen molar-refractivity contribution in [3.05, 3.63) is 58.7 Å². The van der Waals surface area contributed by atoms with Gasteiger partial charge in [0.25, 0.3) is 0 Å². The number of carbonyl (C=O) groups excluding carboxylic acids is 1. The van der Waals surface area contributed by atoms with Crippen molar-refractivity contribution in [2.45, 2.75) is 51.1 Å². The highest BCUT2D eigenvalue weighted by Crippen LogP contribution is 2.38. The molecule has 2 heterocycles. The van der Waals surface area contributed by atoms with Gasteiger partial charge in [0.15, 0.2) is 11.6 Å². The Hall–Kier alpha value is -3.62. The Morgan fingerprint density at radius 2 is 1.92 bits per heavy atom. The van der Waals surface area contributed by atoms with Gasteiger partial charge in [0.1, 0.15) is 5.82 Å². The summed E-state index contributed by atoms with van der Waals surface area (Å²) in [5.41, 5.74) is 4.70. The van der Waals surface area contributed by atoms with Crippen LogP contribution in [0.15, 0.2) is 30.3 Å². The minimum absolute atomic E-state index is 0.104. The maximum absolute atomic E-state index is 14.5. The number of rotatable bonds is 5. The molecule has 1 aliphatic heterocycles. The Balaban J connectivity index is 1.57. The predicted octanol–water partition coefficient (Wildman–Crippen LogP) is 4.72. The highest BCUT2D eigenvalue weighted by Gasteiger charge is 2.31. The summed E-state index contributed by atoms with van der Waals surface area (Å²) in [7, 11) is 2.82. The maximum atomic E-state index is 14.5. The zero-order valence-electron chi connectivity index (χ0n) is 20.5. The van der Waals surface area contributed by atoms with E-state index in [1.807, 2.05) is 6.07 Å². The van der Waals surface area contributed by atoms with Crippen molar-refractivity contribution in [2.75, 3.05) is 20.8 Å². The van der Waals surface area contributed by atoms with Crippen molar-refractivity contribution in [3.8, 4) is 5.75 Å². The van der Waals surface area contributed by atoms with E-state index in [1.165, 1.54) is 20.3 Å². The van der Waals surface area contributed by atoms with Crippen LogP contribution < -0.4 is 4.74 Å². The number of carbonyl (C=O) groups is 2. The van der Waals surface area contributed by atoms with Crippen LogP contribution in [-0.4, -0.2) is 52.4 Å². The van der Waals surface area contributed by atoms with Crippen LogP contribution in [-0.2, 0) is 29.0 Å². The Labute approximate surface area is 208 Å². The molecule has 0 radical (unpaired) electrons. The minimum atomic E-state index is -0.743. The van der Waals surface area contributed by atoms with Crippen molar-refractivity contribution < 1.29 is 28.6 Å². The van der Waals surface area contributed by atoms with Gasteiger partial charge >= 0.3 is 12.1 Å². The number of carboxylic acids is 1. The number of fused-ring (bicyclic) bond motifs is 3. The lowest BCUT2D eigenvalue weighted by Gasteiger charge is -2.27. The fraction of sp³-hybridized carbons (Fsp3) is 0.444. The second kappa shape index (κ2) is 9.79. The molecule has 0 spiro atoms. The number of aliphatic carboxylic acids is 1. The van der Waals surface area contributed by atoms with Gasteiger partial charge in [0.2, 0.25) is 0 Å². The molecule has 1 fully saturated rings. The Bertz CT molecular complexity index is 1310. The molecule has 2 aromatic carbocycles. The smallest absolute Gasteiger partial charge is 0.409 e. The van der Waals surface area contributed by atoms with Gasteiger partial charge in [-0.25, -0.2) is 14.2 Å². The molecule has 1 N–H and O–H groups in total. The standard InChI is InChI=1S/C27H30FN3O5/c1-35-23-10-3-16(13-21(23)28)14-31-22-9-8-17-11-12-30(27(34)36-2)15-20(17)24(22)29-25(31)18-4-6-19(7-5-18)26(32)33/h3,8-10,13,18-19H,4-7,11-12,14-15H2,1-2H3,(H,32,33)/t18-,19-. The summed E-state index contributed by atoms with van der Waals surface area (Å²) < 4.78 is 26.6. The van der Waals surface area contributed by atoms with Gasteiger partial charge in [-0.2, -0.15) is 0 Å². The van der Waals surface area contributed by atoms with Crippen LogP contribution in [0.3, 0.4) is 0 Å². The van der Waals surface area contributed by atoms with Crippen LogP contribution in [0.1, 0.15) is 54.1 Å². The monoisotopic (exact) mass is 495 g/mol. The third kappa shape index (κ3) is 4.38. The van der Waals surface area contributed by atoms with Crippen LogP contribution in [0.2, 0.25) is 0 Å². The zero-order valence-corrected chi connectivity index (χ0v) is 20.5. The molecule has 0 unspecified atom stereocenters. The number of aromatic nitrogens is 2. The summed E-state index contributed by atoms with van der Waals surface area (Å²) in [6.07, 6.45) is 3.03. The molecular formula is C27H30FN3O5. The lowest BCUT2D eigenvalue weighted by molar-refractivity contribution is -0.142. The van der Waals surface area contributed by atoms with E-state index >= 15 is 0 Å². The van der Waals surface area contributed by atoms with E-state index in [2.05, 4.69) is 16.7 Å². The van der Waals surface area contributed by atoms with E-state index in [0.717, 1.165) is 52.8 Å². The third-order valence-corrected chi connectivity index (χ3v) is 7.58. The largest absolute Gasteiger partial charge is 0.494 e. The van der Waals surface area contributed by atoms with Crippen LogP contribution in [0.4, 0.5) is 9.18 Å². The first-order valence-electron chi connectivity index (χ1n) is 12.3. The molecule has 190 valence electrons. The van der Waals surface area contributed by atoms with Crippen molar-refractivity contribution in [1.82, 2.24) is 14.5 Å². The number of carboxylic acid groups (broad SMARTS) is 1. The van der Waals surface area contributed by atoms with E-state index < -0.39 is 11.8 Å². The molecule has 5 rings (SSSR count). The predicted molar refractivity (Wildman–Crippen MR) is 131 cm³/mol. The van der Waals surface area contributed by atoms with Crippen LogP contribution in [0.25, 0.3) is 11.0 Å². The SMILES string of the molecule is COC(=O)N1CCc2ccc3c(nc([C@H]4CC[C@H](C(=O)O)CC4)n3Cc3ccc(OC)c(F)c3)c2C1. The molecular weight excluding hydrogens is 465 g/mol. The van der Waals surface area contributed by atoms with Crippen LogP contribution in [0, 0.1) is 11.7 Å². The molecule has 1 amide bonds. The van der Waals surface area contributed by atoms with Gasteiger partial charge < -0.3 is 24.0 Å². The first-order chi connectivity index (χ1) is 17.4. The van der Waals surface area contributed by atoms with Crippen molar-refractivity contribution in [2.24, 2.45) is 5.92 Å². The number of halogens is 1. The fourth-order valence-electron chi connectivity index (χ4n) is 5.59. The van der Waals surface area contributed by atoms with E-state index in [1.54, 1.807) is 11.0 Å². The summed E-state index contributed by atoms with van der Waals surface area (Å²) in [5, 5.41) is 9.44. The average molecular weight is 496 g/mol. The fourth-order valence-corrected chi connectivity index (χ4v) is 5.59. The van der Waals surface area contributed by atoms with E-state index in [9.17, 15) is 19.1 Å². The van der Waals surface area contributed by atoms with Gasteiger partial charge in [-0.1, -0.05) is 12.1 Å². The first-order valence-corrected chi connectivity index (χ1v) is 12.3. The highest BCUT2D eigenvalue weighted by molar-refractivity contribution is 5.82. The van der Waals surface area contributed by atoms with Gasteiger partial charge in [-0.05, 0) is 61.4 Å². The van der Waals surface area contributed by atoms with E-state index in [4.69, 9.17) is 14.5 Å². The third-order valence-electron chi connectivity index (χ3n) is 7.58. The molecule has 2 aliphatic rings. The second-order valence-corrected chi connectivity index (χ2v) is 9.62. The highest BCUT2D eigenvalue weighted by atomic mass is 19.1. The quantitative estimate of drug-likeness (QED) is 0.551. The number of ether oxygens (including phenoxy) is 2. The maximum Gasteiger partial charge on any atom is 0.409 e. The van der Waals surface area contributed by atoms with E-state index in [0.29, 0.717) is 32.5 Å². The molecule has 1 saturated carbocycles. The van der Waals surface area contributed by atoms with E-state index in [-0.39, 0.29) is 23.7 Å². The normalized spacial score (nSPS) is 19.7. The van der Waals surface area contributed by atoms with Gasteiger partial charge in [-0.3, -0.25) is 4.79 Å². The number of hydrogen-bond acceptors (Lipinski definition) is 5. The summed E-state index contributed by atoms with van der Waals surface area (Å²) in [6.45, 7) is 1.42. The summed E-state index contributed by atoms with van der Waals surface area (Å²) in [5.74, 6) is -0.308. The number of imidazole rings is 1. The van der Waals surface area contributed by atoms with Gasteiger partial charge in [-0.15, -0.1) is 0 Å². The van der Waals surface area contributed by atoms with Crippen molar-refractivity contribution in [3.63, 3.8) is 0 Å². The van der Waals surface area contributed by atoms with Crippen LogP contribution in [0.5, 0.6) is 5.75 Å². The Kier molecular flexibility index (Phi) is 6.55. The number of benzene rings is 2. The van der Waals surface area contributed by atoms with Gasteiger partial charge in [0, 0.05) is 24.6 Å². The molecule has 1 aliphatic carbocycles. The van der Waals surface area contributed by atoms with Gasteiger partial charge in [0.05, 0.1) is 37.7 Å². The zero-order chi connectivity index (χ0) is 25.4. The Morgan fingerprint density at radius 3 is 2.58 bits per heavy atom. The summed E-state index contributed by atoms with van der Waals surface area (Å²) in [4.78, 5) is 30.5. The number of amides is 1.